The van der Waals surface area contributed by atoms with E-state index in [1.807, 2.05) is 35.7 Å². The number of likely N-dealkylation sites (tertiary alicyclic amines) is 1. The molecule has 1 aliphatic heterocycles. The number of rotatable bonds is 4. The molecule has 0 N–H and O–H groups in total. The van der Waals surface area contributed by atoms with Crippen molar-refractivity contribution in [1.29, 1.82) is 0 Å². The van der Waals surface area contributed by atoms with Gasteiger partial charge < -0.3 is 0 Å². The van der Waals surface area contributed by atoms with Crippen LogP contribution in [0.5, 0.6) is 0 Å². The van der Waals surface area contributed by atoms with E-state index in [0.29, 0.717) is 6.04 Å². The summed E-state index contributed by atoms with van der Waals surface area (Å²) >= 11 is 3.55. The molecule has 5 heteroatoms. The van der Waals surface area contributed by atoms with E-state index in [9.17, 15) is 0 Å². The van der Waals surface area contributed by atoms with E-state index in [1.54, 1.807) is 11.3 Å². The maximum atomic E-state index is 4.78. The molecule has 3 nitrogen and oxygen atoms in total. The largest absolute Gasteiger partial charge is 0.290 e. The van der Waals surface area contributed by atoms with Gasteiger partial charge in [-0.25, -0.2) is 4.98 Å². The molecule has 0 bridgehead atoms. The van der Waals surface area contributed by atoms with E-state index >= 15 is 0 Å². The van der Waals surface area contributed by atoms with Crippen molar-refractivity contribution >= 4 is 22.7 Å². The summed E-state index contributed by atoms with van der Waals surface area (Å²) in [5.41, 5.74) is 2.13. The first kappa shape index (κ1) is 14.1. The molecule has 4 rings (SSSR count). The second-order valence-electron chi connectivity index (χ2n) is 5.50. The molecule has 0 aromatic carbocycles. The Balaban J connectivity index is 1.51. The monoisotopic (exact) mass is 327 g/mol. The zero-order chi connectivity index (χ0) is 14.8. The summed E-state index contributed by atoms with van der Waals surface area (Å²) in [7, 11) is 0. The molecule has 4 heterocycles. The number of hydrogen-bond acceptors (Lipinski definition) is 5. The lowest BCUT2D eigenvalue weighted by atomic mass is 10.2. The number of thiazole rings is 1. The Hall–Kier alpha value is -1.56. The number of aromatic nitrogens is 2. The summed E-state index contributed by atoms with van der Waals surface area (Å²) in [5, 5.41) is 5.37. The molecule has 1 fully saturated rings. The van der Waals surface area contributed by atoms with Gasteiger partial charge in [-0.3, -0.25) is 9.88 Å². The van der Waals surface area contributed by atoms with Crippen LogP contribution in [0.25, 0.3) is 10.7 Å². The van der Waals surface area contributed by atoms with Gasteiger partial charge in [-0.05, 0) is 43.0 Å². The Morgan fingerprint density at radius 1 is 1.18 bits per heavy atom. The minimum atomic E-state index is 0.569. The van der Waals surface area contributed by atoms with Crippen LogP contribution < -0.4 is 0 Å². The van der Waals surface area contributed by atoms with Crippen LogP contribution in [0.1, 0.15) is 29.5 Å². The highest BCUT2D eigenvalue weighted by Crippen LogP contribution is 2.35. The Kier molecular flexibility index (Phi) is 4.01. The van der Waals surface area contributed by atoms with Gasteiger partial charge in [0.2, 0.25) is 0 Å². The summed E-state index contributed by atoms with van der Waals surface area (Å²) in [6, 6.07) is 10.9. The Bertz CT molecular complexity index is 721. The summed E-state index contributed by atoms with van der Waals surface area (Å²) in [5.74, 6) is 0. The van der Waals surface area contributed by atoms with Crippen molar-refractivity contribution in [2.75, 3.05) is 6.54 Å². The summed E-state index contributed by atoms with van der Waals surface area (Å²) in [6.07, 6.45) is 4.36. The second-order valence-corrected chi connectivity index (χ2v) is 7.34. The second kappa shape index (κ2) is 6.28. The molecular weight excluding hydrogens is 310 g/mol. The van der Waals surface area contributed by atoms with E-state index in [2.05, 4.69) is 32.8 Å². The quantitative estimate of drug-likeness (QED) is 0.701. The van der Waals surface area contributed by atoms with Crippen LogP contribution in [-0.4, -0.2) is 21.4 Å². The fourth-order valence-corrected chi connectivity index (χ4v) is 4.69. The van der Waals surface area contributed by atoms with Crippen molar-refractivity contribution in [2.24, 2.45) is 0 Å². The van der Waals surface area contributed by atoms with Gasteiger partial charge in [0.15, 0.2) is 0 Å². The lowest BCUT2D eigenvalue weighted by Crippen LogP contribution is -2.22. The van der Waals surface area contributed by atoms with Gasteiger partial charge in [-0.1, -0.05) is 12.1 Å². The van der Waals surface area contributed by atoms with Gasteiger partial charge in [-0.2, -0.15) is 0 Å². The Morgan fingerprint density at radius 2 is 2.18 bits per heavy atom. The van der Waals surface area contributed by atoms with E-state index in [4.69, 9.17) is 4.98 Å². The van der Waals surface area contributed by atoms with E-state index < -0.39 is 0 Å². The third-order valence-corrected chi connectivity index (χ3v) is 5.92. The summed E-state index contributed by atoms with van der Waals surface area (Å²) in [6.45, 7) is 2.10. The third kappa shape index (κ3) is 2.84. The molecule has 0 radical (unpaired) electrons. The van der Waals surface area contributed by atoms with E-state index in [0.717, 1.165) is 22.9 Å². The molecule has 3 aromatic rings. The van der Waals surface area contributed by atoms with Gasteiger partial charge >= 0.3 is 0 Å². The molecule has 22 heavy (non-hydrogen) atoms. The van der Waals surface area contributed by atoms with Gasteiger partial charge in [0.05, 0.1) is 11.4 Å². The predicted molar refractivity (Wildman–Crippen MR) is 92.0 cm³/mol. The minimum Gasteiger partial charge on any atom is -0.290 e. The van der Waals surface area contributed by atoms with Crippen LogP contribution in [-0.2, 0) is 6.54 Å². The van der Waals surface area contributed by atoms with Crippen LogP contribution in [0, 0.1) is 0 Å². The molecule has 0 aliphatic carbocycles. The van der Waals surface area contributed by atoms with Crippen molar-refractivity contribution < 1.29 is 0 Å². The van der Waals surface area contributed by atoms with Crippen molar-refractivity contribution in [1.82, 2.24) is 14.9 Å². The average molecular weight is 327 g/mol. The predicted octanol–water partition coefficient (Wildman–Crippen LogP) is 4.60. The Labute approximate surface area is 138 Å². The SMILES string of the molecule is c1ccc(-c2nc(CN3CCCC3c3cccs3)cs2)nc1. The van der Waals surface area contributed by atoms with Gasteiger partial charge in [0.1, 0.15) is 5.01 Å². The molecule has 1 atom stereocenters. The maximum Gasteiger partial charge on any atom is 0.142 e. The highest BCUT2D eigenvalue weighted by molar-refractivity contribution is 7.13. The highest BCUT2D eigenvalue weighted by Gasteiger charge is 2.27. The molecular formula is C17H17N3S2. The third-order valence-electron chi connectivity index (χ3n) is 4.04. The van der Waals surface area contributed by atoms with Crippen LogP contribution in [0.15, 0.2) is 47.3 Å². The molecule has 0 spiro atoms. The minimum absolute atomic E-state index is 0.569. The van der Waals surface area contributed by atoms with Crippen LogP contribution in [0.4, 0.5) is 0 Å². The van der Waals surface area contributed by atoms with Crippen molar-refractivity contribution in [2.45, 2.75) is 25.4 Å². The normalized spacial score (nSPS) is 18.8. The molecule has 112 valence electrons. The highest BCUT2D eigenvalue weighted by atomic mass is 32.1. The molecule has 1 aliphatic rings. The van der Waals surface area contributed by atoms with Gasteiger partial charge in [0.25, 0.3) is 0 Å². The summed E-state index contributed by atoms with van der Waals surface area (Å²) in [4.78, 5) is 13.2. The molecule has 3 aromatic heterocycles. The fraction of sp³-hybridized carbons (Fsp3) is 0.294. The standard InChI is InChI=1S/C17H17N3S2/c1-2-8-18-14(5-1)17-19-13(12-22-17)11-20-9-3-6-15(20)16-7-4-10-21-16/h1-2,4-5,7-8,10,12,15H,3,6,9,11H2. The maximum absolute atomic E-state index is 4.78. The average Bonchev–Trinajstić information content (AvgIpc) is 3.30. The van der Waals surface area contributed by atoms with Gasteiger partial charge in [-0.15, -0.1) is 22.7 Å². The lowest BCUT2D eigenvalue weighted by molar-refractivity contribution is 0.249. The first-order valence-electron chi connectivity index (χ1n) is 7.53. The van der Waals surface area contributed by atoms with Crippen LogP contribution in [0.3, 0.4) is 0 Å². The zero-order valence-electron chi connectivity index (χ0n) is 12.2. The molecule has 1 saturated heterocycles. The number of thiophene rings is 1. The van der Waals surface area contributed by atoms with Crippen LogP contribution in [0.2, 0.25) is 0 Å². The number of hydrogen-bond donors (Lipinski definition) is 0. The number of pyridine rings is 1. The van der Waals surface area contributed by atoms with E-state index in [-0.39, 0.29) is 0 Å². The van der Waals surface area contributed by atoms with Crippen LogP contribution >= 0.6 is 22.7 Å². The lowest BCUT2D eigenvalue weighted by Gasteiger charge is -2.22. The van der Waals surface area contributed by atoms with Gasteiger partial charge in [0, 0.05) is 29.0 Å². The molecule has 0 saturated carbocycles. The topological polar surface area (TPSA) is 29.0 Å². The smallest absolute Gasteiger partial charge is 0.142 e. The Morgan fingerprint density at radius 3 is 3.00 bits per heavy atom. The van der Waals surface area contributed by atoms with Crippen molar-refractivity contribution in [3.8, 4) is 10.7 Å². The van der Waals surface area contributed by atoms with Crippen molar-refractivity contribution in [3.63, 3.8) is 0 Å². The molecule has 1 unspecified atom stereocenters. The number of nitrogens with zero attached hydrogens (tertiary/aromatic N) is 3. The molecule has 0 amide bonds. The first-order valence-corrected chi connectivity index (χ1v) is 9.29. The zero-order valence-corrected chi connectivity index (χ0v) is 13.8. The van der Waals surface area contributed by atoms with Crippen molar-refractivity contribution in [3.05, 3.63) is 57.9 Å². The summed E-state index contributed by atoms with van der Waals surface area (Å²) < 4.78 is 0. The first-order chi connectivity index (χ1) is 10.9. The van der Waals surface area contributed by atoms with E-state index in [1.165, 1.54) is 24.3 Å². The fourth-order valence-electron chi connectivity index (χ4n) is 3.01.